The highest BCUT2D eigenvalue weighted by Gasteiger charge is 2.10. The molecular weight excluding hydrogens is 206 g/mol. The third kappa shape index (κ3) is 12.2. The van der Waals surface area contributed by atoms with Gasteiger partial charge in [-0.05, 0) is 37.3 Å². The van der Waals surface area contributed by atoms with Crippen molar-refractivity contribution in [1.82, 2.24) is 4.90 Å². The van der Waals surface area contributed by atoms with Gasteiger partial charge >= 0.3 is 0 Å². The summed E-state index contributed by atoms with van der Waals surface area (Å²) in [6.07, 6.45) is 4.75. The van der Waals surface area contributed by atoms with Crippen LogP contribution in [-0.4, -0.2) is 43.8 Å². The molecule has 0 bridgehead atoms. The molecule has 0 aromatic rings. The number of hydrogen-bond donors (Lipinski definition) is 0. The molecule has 0 rings (SSSR count). The standard InChI is InChI=1S/C12H27NOS/c1-12(2,3)10-14-11-13(4)8-6-7-9-15-5/h6-11H2,1-5H3. The predicted octanol–water partition coefficient (Wildman–Crippen LogP) is 3.08. The second-order valence-corrected chi connectivity index (χ2v) is 6.30. The van der Waals surface area contributed by atoms with E-state index in [-0.39, 0.29) is 5.41 Å². The van der Waals surface area contributed by atoms with Crippen LogP contribution in [0.1, 0.15) is 33.6 Å². The summed E-state index contributed by atoms with van der Waals surface area (Å²) in [5, 5.41) is 0. The highest BCUT2D eigenvalue weighted by atomic mass is 32.2. The lowest BCUT2D eigenvalue weighted by atomic mass is 9.99. The fraction of sp³-hybridized carbons (Fsp3) is 1.00. The van der Waals surface area contributed by atoms with Crippen LogP contribution in [0.2, 0.25) is 0 Å². The highest BCUT2D eigenvalue weighted by Crippen LogP contribution is 2.12. The third-order valence-electron chi connectivity index (χ3n) is 1.99. The average Bonchev–Trinajstić information content (AvgIpc) is 2.10. The molecule has 0 spiro atoms. The number of nitrogens with zero attached hydrogens (tertiary/aromatic N) is 1. The Kier molecular flexibility index (Phi) is 8.58. The van der Waals surface area contributed by atoms with E-state index in [1.54, 1.807) is 0 Å². The molecule has 0 aliphatic heterocycles. The Morgan fingerprint density at radius 2 is 1.87 bits per heavy atom. The van der Waals surface area contributed by atoms with Gasteiger partial charge in [0.2, 0.25) is 0 Å². The topological polar surface area (TPSA) is 12.5 Å². The zero-order chi connectivity index (χ0) is 11.7. The fourth-order valence-corrected chi connectivity index (χ4v) is 1.69. The van der Waals surface area contributed by atoms with E-state index in [1.807, 2.05) is 11.8 Å². The first-order chi connectivity index (χ1) is 6.95. The van der Waals surface area contributed by atoms with Gasteiger partial charge in [0.15, 0.2) is 0 Å². The van der Waals surface area contributed by atoms with E-state index >= 15 is 0 Å². The molecule has 0 radical (unpaired) electrons. The Bertz CT molecular complexity index is 145. The highest BCUT2D eigenvalue weighted by molar-refractivity contribution is 7.98. The van der Waals surface area contributed by atoms with Crippen molar-refractivity contribution in [1.29, 1.82) is 0 Å². The molecule has 2 nitrogen and oxygen atoms in total. The first kappa shape index (κ1) is 15.3. The Labute approximate surface area is 99.8 Å². The van der Waals surface area contributed by atoms with E-state index in [0.29, 0.717) is 0 Å². The molecule has 0 atom stereocenters. The van der Waals surface area contributed by atoms with Crippen LogP contribution in [-0.2, 0) is 4.74 Å². The molecule has 0 saturated carbocycles. The molecule has 0 saturated heterocycles. The number of thioether (sulfide) groups is 1. The van der Waals surface area contributed by atoms with Crippen molar-refractivity contribution in [2.45, 2.75) is 33.6 Å². The van der Waals surface area contributed by atoms with Gasteiger partial charge in [0, 0.05) is 6.54 Å². The molecule has 0 aliphatic carbocycles. The summed E-state index contributed by atoms with van der Waals surface area (Å²) in [7, 11) is 2.13. The second kappa shape index (κ2) is 8.43. The molecular formula is C12H27NOS. The fourth-order valence-electron chi connectivity index (χ4n) is 1.20. The predicted molar refractivity (Wildman–Crippen MR) is 70.5 cm³/mol. The molecule has 0 aromatic carbocycles. The largest absolute Gasteiger partial charge is 0.366 e. The molecule has 0 amide bonds. The van der Waals surface area contributed by atoms with Crippen LogP contribution in [0.4, 0.5) is 0 Å². The Hall–Kier alpha value is 0.270. The quantitative estimate of drug-likeness (QED) is 0.472. The summed E-state index contributed by atoms with van der Waals surface area (Å²) in [4.78, 5) is 2.26. The van der Waals surface area contributed by atoms with Gasteiger partial charge in [0.1, 0.15) is 0 Å². The molecule has 3 heteroatoms. The molecule has 0 heterocycles. The van der Waals surface area contributed by atoms with Gasteiger partial charge < -0.3 is 4.74 Å². The van der Waals surface area contributed by atoms with Crippen LogP contribution >= 0.6 is 11.8 Å². The van der Waals surface area contributed by atoms with Crippen molar-refractivity contribution in [3.8, 4) is 0 Å². The lowest BCUT2D eigenvalue weighted by Gasteiger charge is -2.22. The van der Waals surface area contributed by atoms with Crippen molar-refractivity contribution >= 4 is 11.8 Å². The van der Waals surface area contributed by atoms with Gasteiger partial charge in [-0.1, -0.05) is 20.8 Å². The van der Waals surface area contributed by atoms with Crippen molar-refractivity contribution in [3.05, 3.63) is 0 Å². The van der Waals surface area contributed by atoms with Gasteiger partial charge in [-0.3, -0.25) is 4.90 Å². The second-order valence-electron chi connectivity index (χ2n) is 5.32. The average molecular weight is 233 g/mol. The number of rotatable bonds is 8. The maximum Gasteiger partial charge on any atom is 0.0987 e. The van der Waals surface area contributed by atoms with Gasteiger partial charge in [-0.2, -0.15) is 11.8 Å². The van der Waals surface area contributed by atoms with E-state index in [0.717, 1.165) is 19.9 Å². The van der Waals surface area contributed by atoms with Crippen molar-refractivity contribution in [2.24, 2.45) is 5.41 Å². The number of unbranched alkanes of at least 4 members (excludes halogenated alkanes) is 1. The molecule has 92 valence electrons. The van der Waals surface area contributed by atoms with Crippen molar-refractivity contribution < 1.29 is 4.74 Å². The summed E-state index contributed by atoms with van der Waals surface area (Å²) in [5.41, 5.74) is 0.277. The summed E-state index contributed by atoms with van der Waals surface area (Å²) in [6.45, 7) is 9.34. The Morgan fingerprint density at radius 3 is 2.40 bits per heavy atom. The van der Waals surface area contributed by atoms with Crippen LogP contribution < -0.4 is 0 Å². The molecule has 0 unspecified atom stereocenters. The Balaban J connectivity index is 3.29. The van der Waals surface area contributed by atoms with Crippen molar-refractivity contribution in [2.75, 3.05) is 38.9 Å². The van der Waals surface area contributed by atoms with E-state index in [4.69, 9.17) is 4.74 Å². The first-order valence-corrected chi connectivity index (χ1v) is 7.10. The molecule has 0 fully saturated rings. The van der Waals surface area contributed by atoms with E-state index in [9.17, 15) is 0 Å². The summed E-state index contributed by atoms with van der Waals surface area (Å²) in [5.74, 6) is 1.27. The van der Waals surface area contributed by atoms with E-state index in [1.165, 1.54) is 18.6 Å². The SMILES string of the molecule is CSCCCCN(C)COCC(C)(C)C. The van der Waals surface area contributed by atoms with Crippen LogP contribution in [0.15, 0.2) is 0 Å². The van der Waals surface area contributed by atoms with Crippen LogP contribution in [0, 0.1) is 5.41 Å². The van der Waals surface area contributed by atoms with Gasteiger partial charge in [0.25, 0.3) is 0 Å². The summed E-state index contributed by atoms with van der Waals surface area (Å²) >= 11 is 1.92. The normalized spacial score (nSPS) is 12.4. The zero-order valence-corrected chi connectivity index (χ0v) is 11.8. The van der Waals surface area contributed by atoms with E-state index in [2.05, 4.69) is 39.0 Å². The summed E-state index contributed by atoms with van der Waals surface area (Å²) in [6, 6.07) is 0. The van der Waals surface area contributed by atoms with E-state index < -0.39 is 0 Å². The Morgan fingerprint density at radius 1 is 1.20 bits per heavy atom. The first-order valence-electron chi connectivity index (χ1n) is 5.71. The minimum absolute atomic E-state index is 0.277. The number of hydrogen-bond acceptors (Lipinski definition) is 3. The minimum atomic E-state index is 0.277. The number of ether oxygens (including phenoxy) is 1. The van der Waals surface area contributed by atoms with Gasteiger partial charge in [-0.15, -0.1) is 0 Å². The third-order valence-corrected chi connectivity index (χ3v) is 2.68. The molecule has 0 aliphatic rings. The molecule has 0 aromatic heterocycles. The van der Waals surface area contributed by atoms with Gasteiger partial charge in [-0.25, -0.2) is 0 Å². The monoisotopic (exact) mass is 233 g/mol. The summed E-state index contributed by atoms with van der Waals surface area (Å²) < 4.78 is 5.64. The maximum atomic E-state index is 5.64. The maximum absolute atomic E-state index is 5.64. The lowest BCUT2D eigenvalue weighted by Crippen LogP contribution is -2.26. The van der Waals surface area contributed by atoms with Crippen molar-refractivity contribution in [3.63, 3.8) is 0 Å². The van der Waals surface area contributed by atoms with Crippen LogP contribution in [0.3, 0.4) is 0 Å². The zero-order valence-electron chi connectivity index (χ0n) is 11.0. The van der Waals surface area contributed by atoms with Crippen LogP contribution in [0.5, 0.6) is 0 Å². The molecule has 0 N–H and O–H groups in total. The lowest BCUT2D eigenvalue weighted by molar-refractivity contribution is 0.00538. The van der Waals surface area contributed by atoms with Gasteiger partial charge in [0.05, 0.1) is 13.3 Å². The smallest absolute Gasteiger partial charge is 0.0987 e. The molecule has 15 heavy (non-hydrogen) atoms. The van der Waals surface area contributed by atoms with Crippen LogP contribution in [0.25, 0.3) is 0 Å². The minimum Gasteiger partial charge on any atom is -0.366 e.